The van der Waals surface area contributed by atoms with Gasteiger partial charge in [-0.1, -0.05) is 18.9 Å². The third-order valence-corrected chi connectivity index (χ3v) is 3.37. The molecule has 0 bridgehead atoms. The quantitative estimate of drug-likeness (QED) is 0.623. The van der Waals surface area contributed by atoms with Crippen LogP contribution in [-0.4, -0.2) is 23.4 Å². The van der Waals surface area contributed by atoms with Crippen LogP contribution in [0.25, 0.3) is 0 Å². The fraction of sp³-hybridized carbons (Fsp3) is 0.750. The fourth-order valence-electron chi connectivity index (χ4n) is 2.42. The van der Waals surface area contributed by atoms with Crippen molar-refractivity contribution in [3.8, 4) is 0 Å². The molecule has 1 amide bonds. The zero-order chi connectivity index (χ0) is 9.97. The highest BCUT2D eigenvalue weighted by atomic mass is 16.2. The summed E-state index contributed by atoms with van der Waals surface area (Å²) in [6, 6.07) is 0.355. The molecule has 0 aromatic carbocycles. The van der Waals surface area contributed by atoms with E-state index >= 15 is 0 Å². The molecular weight excluding hydrogens is 174 g/mol. The number of carbonyl (C=O) groups excluding carboxylic acids is 1. The first kappa shape index (κ1) is 9.75. The summed E-state index contributed by atoms with van der Waals surface area (Å²) in [5.74, 6) is 0.705. The Bertz CT molecular complexity index is 241. The summed E-state index contributed by atoms with van der Waals surface area (Å²) in [6.45, 7) is 2.89. The van der Waals surface area contributed by atoms with Crippen LogP contribution in [0.2, 0.25) is 0 Å². The van der Waals surface area contributed by atoms with Crippen LogP contribution < -0.4 is 0 Å². The van der Waals surface area contributed by atoms with Crippen molar-refractivity contribution in [1.82, 2.24) is 4.90 Å². The van der Waals surface area contributed by atoms with Crippen molar-refractivity contribution in [3.05, 3.63) is 12.2 Å². The lowest BCUT2D eigenvalue weighted by atomic mass is 10.0. The Morgan fingerprint density at radius 1 is 1.43 bits per heavy atom. The summed E-state index contributed by atoms with van der Waals surface area (Å²) in [4.78, 5) is 14.1. The molecule has 0 aromatic heterocycles. The molecule has 1 radical (unpaired) electrons. The van der Waals surface area contributed by atoms with Gasteiger partial charge in [-0.25, -0.2) is 0 Å². The number of carbonyl (C=O) groups is 1. The highest BCUT2D eigenvalue weighted by Gasteiger charge is 2.29. The van der Waals surface area contributed by atoms with Crippen molar-refractivity contribution in [2.45, 2.75) is 45.1 Å². The molecule has 0 spiro atoms. The lowest BCUT2D eigenvalue weighted by Crippen LogP contribution is -2.43. The molecule has 1 fully saturated rings. The van der Waals surface area contributed by atoms with E-state index in [1.165, 1.54) is 12.8 Å². The summed E-state index contributed by atoms with van der Waals surface area (Å²) in [7, 11) is 0. The van der Waals surface area contributed by atoms with Crippen LogP contribution in [0.5, 0.6) is 0 Å². The summed E-state index contributed by atoms with van der Waals surface area (Å²) in [5, 5.41) is 0. The van der Waals surface area contributed by atoms with Crippen LogP contribution in [0.3, 0.4) is 0 Å². The Kier molecular flexibility index (Phi) is 2.90. The number of nitrogens with zero attached hydrogens (tertiary/aromatic N) is 1. The summed E-state index contributed by atoms with van der Waals surface area (Å²) in [5.41, 5.74) is 0. The van der Waals surface area contributed by atoms with Crippen LogP contribution in [0.15, 0.2) is 6.08 Å². The molecule has 0 unspecified atom stereocenters. The van der Waals surface area contributed by atoms with Gasteiger partial charge in [-0.15, -0.1) is 0 Å². The van der Waals surface area contributed by atoms with Gasteiger partial charge in [-0.2, -0.15) is 0 Å². The van der Waals surface area contributed by atoms with Gasteiger partial charge >= 0.3 is 0 Å². The summed E-state index contributed by atoms with van der Waals surface area (Å²) >= 11 is 0. The van der Waals surface area contributed by atoms with Gasteiger partial charge in [0.1, 0.15) is 0 Å². The van der Waals surface area contributed by atoms with Gasteiger partial charge in [0, 0.05) is 18.5 Å². The molecule has 0 saturated heterocycles. The van der Waals surface area contributed by atoms with E-state index in [1.54, 1.807) is 0 Å². The summed E-state index contributed by atoms with van der Waals surface area (Å²) in [6.07, 6.45) is 10.8. The molecule has 2 aliphatic rings. The zero-order valence-corrected chi connectivity index (χ0v) is 8.83. The average molecular weight is 192 g/mol. The maximum absolute atomic E-state index is 12.1. The van der Waals surface area contributed by atoms with Crippen LogP contribution in [0.4, 0.5) is 0 Å². The van der Waals surface area contributed by atoms with Crippen molar-refractivity contribution < 1.29 is 4.79 Å². The third-order valence-electron chi connectivity index (χ3n) is 3.37. The minimum absolute atomic E-state index is 0.323. The van der Waals surface area contributed by atoms with Gasteiger partial charge < -0.3 is 4.90 Å². The molecule has 0 N–H and O–H groups in total. The molecule has 77 valence electrons. The Hall–Kier alpha value is -0.790. The summed E-state index contributed by atoms with van der Waals surface area (Å²) < 4.78 is 0. The van der Waals surface area contributed by atoms with E-state index in [-0.39, 0.29) is 0 Å². The number of rotatable bonds is 1. The SMILES string of the molecule is C[C@H]1C[C]=CCN1C(=O)C1CCCC1. The second-order valence-corrected chi connectivity index (χ2v) is 4.43. The molecule has 1 heterocycles. The van der Waals surface area contributed by atoms with Gasteiger partial charge in [-0.3, -0.25) is 4.79 Å². The molecule has 1 atom stereocenters. The Morgan fingerprint density at radius 3 is 2.79 bits per heavy atom. The van der Waals surface area contributed by atoms with Crippen molar-refractivity contribution in [1.29, 1.82) is 0 Å². The van der Waals surface area contributed by atoms with Crippen molar-refractivity contribution in [2.24, 2.45) is 5.92 Å². The maximum Gasteiger partial charge on any atom is 0.226 e. The number of amides is 1. The fourth-order valence-corrected chi connectivity index (χ4v) is 2.42. The molecule has 1 aliphatic heterocycles. The molecular formula is C12H18NO. The van der Waals surface area contributed by atoms with Crippen LogP contribution >= 0.6 is 0 Å². The van der Waals surface area contributed by atoms with E-state index in [4.69, 9.17) is 0 Å². The molecule has 0 aromatic rings. The molecule has 1 aliphatic carbocycles. The van der Waals surface area contributed by atoms with Gasteiger partial charge in [0.2, 0.25) is 5.91 Å². The van der Waals surface area contributed by atoms with E-state index in [1.807, 2.05) is 11.0 Å². The third kappa shape index (κ3) is 1.84. The van der Waals surface area contributed by atoms with Crippen molar-refractivity contribution >= 4 is 5.91 Å². The standard InChI is InChI=1S/C12H18NO/c1-10-6-4-5-9-13(10)12(14)11-7-2-3-8-11/h5,10-11H,2-3,6-9H2,1H3/t10-/m0/s1. The van der Waals surface area contributed by atoms with Gasteiger partial charge in [0.15, 0.2) is 0 Å². The van der Waals surface area contributed by atoms with E-state index < -0.39 is 0 Å². The zero-order valence-electron chi connectivity index (χ0n) is 8.83. The number of hydrogen-bond donors (Lipinski definition) is 0. The highest BCUT2D eigenvalue weighted by Crippen LogP contribution is 2.28. The molecule has 2 nitrogen and oxygen atoms in total. The lowest BCUT2D eigenvalue weighted by Gasteiger charge is -2.32. The van der Waals surface area contributed by atoms with Gasteiger partial charge in [0.25, 0.3) is 0 Å². The Morgan fingerprint density at radius 2 is 2.14 bits per heavy atom. The van der Waals surface area contributed by atoms with Crippen molar-refractivity contribution in [2.75, 3.05) is 6.54 Å². The van der Waals surface area contributed by atoms with Crippen molar-refractivity contribution in [3.63, 3.8) is 0 Å². The van der Waals surface area contributed by atoms with E-state index in [9.17, 15) is 4.79 Å². The van der Waals surface area contributed by atoms with Gasteiger partial charge in [-0.05, 0) is 32.3 Å². The van der Waals surface area contributed by atoms with Gasteiger partial charge in [0.05, 0.1) is 0 Å². The Balaban J connectivity index is 1.99. The maximum atomic E-state index is 12.1. The predicted octanol–water partition coefficient (Wildman–Crippen LogP) is 2.16. The van der Waals surface area contributed by atoms with E-state index in [0.717, 1.165) is 25.8 Å². The van der Waals surface area contributed by atoms with E-state index in [2.05, 4.69) is 13.0 Å². The van der Waals surface area contributed by atoms with E-state index in [0.29, 0.717) is 17.9 Å². The minimum atomic E-state index is 0.323. The number of hydrogen-bond acceptors (Lipinski definition) is 1. The van der Waals surface area contributed by atoms with Crippen LogP contribution in [0, 0.1) is 12.0 Å². The lowest BCUT2D eigenvalue weighted by molar-refractivity contribution is -0.137. The topological polar surface area (TPSA) is 20.3 Å². The second kappa shape index (κ2) is 4.16. The molecule has 14 heavy (non-hydrogen) atoms. The first-order valence-electron chi connectivity index (χ1n) is 5.64. The normalized spacial score (nSPS) is 28.4. The molecule has 2 heteroatoms. The molecule has 1 saturated carbocycles. The predicted molar refractivity (Wildman–Crippen MR) is 55.6 cm³/mol. The monoisotopic (exact) mass is 192 g/mol. The first-order valence-corrected chi connectivity index (χ1v) is 5.64. The van der Waals surface area contributed by atoms with Crippen LogP contribution in [-0.2, 0) is 4.79 Å². The highest BCUT2D eigenvalue weighted by molar-refractivity contribution is 5.79. The minimum Gasteiger partial charge on any atom is -0.336 e. The van der Waals surface area contributed by atoms with Crippen LogP contribution in [0.1, 0.15) is 39.0 Å². The largest absolute Gasteiger partial charge is 0.336 e. The Labute approximate surface area is 86.0 Å². The average Bonchev–Trinajstić information content (AvgIpc) is 2.70. The first-order chi connectivity index (χ1) is 6.79. The smallest absolute Gasteiger partial charge is 0.226 e. The molecule has 2 rings (SSSR count). The second-order valence-electron chi connectivity index (χ2n) is 4.43.